The van der Waals surface area contributed by atoms with Crippen LogP contribution in [0, 0.1) is 0 Å². The zero-order valence-corrected chi connectivity index (χ0v) is 11.9. The molecule has 3 heteroatoms. The van der Waals surface area contributed by atoms with Crippen molar-refractivity contribution >= 4 is 0 Å². The average molecular weight is 251 g/mol. The van der Waals surface area contributed by atoms with Crippen molar-refractivity contribution in [1.82, 2.24) is 15.1 Å². The van der Waals surface area contributed by atoms with E-state index in [1.807, 2.05) is 0 Å². The number of hydrogen-bond donors (Lipinski definition) is 1. The standard InChI is InChI=1S/C15H29N3/c1-17(15-4-2-3-5-15)10-11-18-9-8-14(12-18)16-13-6-7-13/h13-16H,2-12H2,1H3. The highest BCUT2D eigenvalue weighted by atomic mass is 15.2. The largest absolute Gasteiger partial charge is 0.310 e. The van der Waals surface area contributed by atoms with Crippen LogP contribution < -0.4 is 5.32 Å². The average Bonchev–Trinajstić information content (AvgIpc) is 2.87. The Kier molecular flexibility index (Phi) is 4.22. The van der Waals surface area contributed by atoms with E-state index in [4.69, 9.17) is 0 Å². The second-order valence-corrected chi connectivity index (χ2v) is 6.65. The van der Waals surface area contributed by atoms with Gasteiger partial charge in [0.1, 0.15) is 0 Å². The summed E-state index contributed by atoms with van der Waals surface area (Å²) >= 11 is 0. The molecule has 0 aromatic heterocycles. The van der Waals surface area contributed by atoms with Crippen molar-refractivity contribution in [2.75, 3.05) is 33.2 Å². The monoisotopic (exact) mass is 251 g/mol. The fourth-order valence-corrected chi connectivity index (χ4v) is 3.58. The first kappa shape index (κ1) is 12.9. The molecular formula is C15H29N3. The lowest BCUT2D eigenvalue weighted by Gasteiger charge is -2.26. The number of nitrogens with one attached hydrogen (secondary N) is 1. The summed E-state index contributed by atoms with van der Waals surface area (Å²) in [6, 6.07) is 2.54. The van der Waals surface area contributed by atoms with Crippen molar-refractivity contribution < 1.29 is 0 Å². The molecule has 3 nitrogen and oxygen atoms in total. The molecule has 18 heavy (non-hydrogen) atoms. The van der Waals surface area contributed by atoms with E-state index < -0.39 is 0 Å². The Morgan fingerprint density at radius 1 is 1.06 bits per heavy atom. The molecule has 2 aliphatic carbocycles. The van der Waals surface area contributed by atoms with Gasteiger partial charge >= 0.3 is 0 Å². The van der Waals surface area contributed by atoms with E-state index in [0.717, 1.165) is 18.1 Å². The smallest absolute Gasteiger partial charge is 0.0209 e. The highest BCUT2D eigenvalue weighted by molar-refractivity contribution is 4.89. The van der Waals surface area contributed by atoms with Crippen molar-refractivity contribution in [3.8, 4) is 0 Å². The van der Waals surface area contributed by atoms with Gasteiger partial charge in [0.25, 0.3) is 0 Å². The Morgan fingerprint density at radius 2 is 1.83 bits per heavy atom. The molecule has 1 N–H and O–H groups in total. The van der Waals surface area contributed by atoms with Gasteiger partial charge < -0.3 is 15.1 Å². The molecule has 104 valence electrons. The van der Waals surface area contributed by atoms with Crippen LogP contribution in [0.5, 0.6) is 0 Å². The Bertz CT molecular complexity index is 258. The van der Waals surface area contributed by atoms with E-state index >= 15 is 0 Å². The van der Waals surface area contributed by atoms with Gasteiger partial charge in [-0.3, -0.25) is 0 Å². The molecule has 3 aliphatic rings. The first-order chi connectivity index (χ1) is 8.81. The number of hydrogen-bond acceptors (Lipinski definition) is 3. The van der Waals surface area contributed by atoms with E-state index in [0.29, 0.717) is 0 Å². The van der Waals surface area contributed by atoms with Crippen molar-refractivity contribution in [1.29, 1.82) is 0 Å². The van der Waals surface area contributed by atoms with E-state index in [2.05, 4.69) is 22.2 Å². The molecule has 0 spiro atoms. The Balaban J connectivity index is 1.33. The summed E-state index contributed by atoms with van der Waals surface area (Å²) in [4.78, 5) is 5.26. The first-order valence-electron chi connectivity index (χ1n) is 8.00. The molecule has 0 aromatic rings. The molecule has 3 fully saturated rings. The van der Waals surface area contributed by atoms with Gasteiger partial charge in [-0.25, -0.2) is 0 Å². The summed E-state index contributed by atoms with van der Waals surface area (Å²) in [5, 5.41) is 3.77. The van der Waals surface area contributed by atoms with Crippen LogP contribution in [-0.4, -0.2) is 61.2 Å². The molecule has 1 saturated heterocycles. The van der Waals surface area contributed by atoms with Crippen LogP contribution in [-0.2, 0) is 0 Å². The van der Waals surface area contributed by atoms with Crippen molar-refractivity contribution in [3.05, 3.63) is 0 Å². The lowest BCUT2D eigenvalue weighted by atomic mass is 10.2. The van der Waals surface area contributed by atoms with Crippen LogP contribution >= 0.6 is 0 Å². The van der Waals surface area contributed by atoms with Crippen LogP contribution in [0.1, 0.15) is 44.9 Å². The highest BCUT2D eigenvalue weighted by Gasteiger charge is 2.29. The predicted molar refractivity (Wildman–Crippen MR) is 75.9 cm³/mol. The highest BCUT2D eigenvalue weighted by Crippen LogP contribution is 2.23. The SMILES string of the molecule is CN(CCN1CCC(NC2CC2)C1)C1CCCC1. The van der Waals surface area contributed by atoms with E-state index in [9.17, 15) is 0 Å². The molecule has 3 rings (SSSR count). The van der Waals surface area contributed by atoms with E-state index in [-0.39, 0.29) is 0 Å². The lowest BCUT2D eigenvalue weighted by Crippen LogP contribution is -2.38. The van der Waals surface area contributed by atoms with Crippen LogP contribution in [0.15, 0.2) is 0 Å². The van der Waals surface area contributed by atoms with Gasteiger partial charge in [0.2, 0.25) is 0 Å². The fraction of sp³-hybridized carbons (Fsp3) is 1.00. The summed E-state index contributed by atoms with van der Waals surface area (Å²) in [6.45, 7) is 5.13. The minimum Gasteiger partial charge on any atom is -0.310 e. The Hall–Kier alpha value is -0.120. The van der Waals surface area contributed by atoms with Gasteiger partial charge in [-0.2, -0.15) is 0 Å². The minimum absolute atomic E-state index is 0.786. The van der Waals surface area contributed by atoms with E-state index in [1.54, 1.807) is 0 Å². The molecule has 2 saturated carbocycles. The fourth-order valence-electron chi connectivity index (χ4n) is 3.58. The van der Waals surface area contributed by atoms with Gasteiger partial charge in [0, 0.05) is 37.8 Å². The molecule has 1 unspecified atom stereocenters. The van der Waals surface area contributed by atoms with Gasteiger partial charge in [-0.1, -0.05) is 12.8 Å². The second kappa shape index (κ2) is 5.89. The lowest BCUT2D eigenvalue weighted by molar-refractivity contribution is 0.205. The molecule has 1 atom stereocenters. The Morgan fingerprint density at radius 3 is 2.56 bits per heavy atom. The topological polar surface area (TPSA) is 18.5 Å². The van der Waals surface area contributed by atoms with Crippen molar-refractivity contribution in [3.63, 3.8) is 0 Å². The summed E-state index contributed by atoms with van der Waals surface area (Å²) in [5.41, 5.74) is 0. The Labute approximate surface area is 112 Å². The van der Waals surface area contributed by atoms with Crippen molar-refractivity contribution in [2.24, 2.45) is 0 Å². The third kappa shape index (κ3) is 3.46. The minimum atomic E-state index is 0.786. The zero-order valence-electron chi connectivity index (χ0n) is 11.9. The zero-order chi connectivity index (χ0) is 12.4. The molecule has 0 amide bonds. The summed E-state index contributed by atoms with van der Waals surface area (Å²) in [5.74, 6) is 0. The molecule has 0 bridgehead atoms. The maximum atomic E-state index is 3.77. The second-order valence-electron chi connectivity index (χ2n) is 6.65. The molecule has 0 radical (unpaired) electrons. The number of likely N-dealkylation sites (N-methyl/N-ethyl adjacent to an activating group) is 1. The number of rotatable bonds is 6. The van der Waals surface area contributed by atoms with Gasteiger partial charge in [0.05, 0.1) is 0 Å². The van der Waals surface area contributed by atoms with Crippen LogP contribution in [0.2, 0.25) is 0 Å². The molecule has 1 aliphatic heterocycles. The quantitative estimate of drug-likeness (QED) is 0.775. The molecule has 1 heterocycles. The third-order valence-corrected chi connectivity index (χ3v) is 5.04. The first-order valence-corrected chi connectivity index (χ1v) is 8.00. The predicted octanol–water partition coefficient (Wildman–Crippen LogP) is 1.69. The molecule has 0 aromatic carbocycles. The molecular weight excluding hydrogens is 222 g/mol. The summed E-state index contributed by atoms with van der Waals surface area (Å²) in [6.07, 6.45) is 9.97. The maximum Gasteiger partial charge on any atom is 0.0209 e. The van der Waals surface area contributed by atoms with Gasteiger partial charge in [0.15, 0.2) is 0 Å². The maximum absolute atomic E-state index is 3.77. The third-order valence-electron chi connectivity index (χ3n) is 5.04. The number of likely N-dealkylation sites (tertiary alicyclic amines) is 1. The van der Waals surface area contributed by atoms with Gasteiger partial charge in [-0.15, -0.1) is 0 Å². The van der Waals surface area contributed by atoms with Crippen molar-refractivity contribution in [2.45, 2.75) is 63.1 Å². The summed E-state index contributed by atoms with van der Waals surface area (Å²) < 4.78 is 0. The van der Waals surface area contributed by atoms with E-state index in [1.165, 1.54) is 71.1 Å². The number of nitrogens with zero attached hydrogens (tertiary/aromatic N) is 2. The van der Waals surface area contributed by atoms with Crippen LogP contribution in [0.3, 0.4) is 0 Å². The normalized spacial score (nSPS) is 30.7. The summed E-state index contributed by atoms with van der Waals surface area (Å²) in [7, 11) is 2.33. The van der Waals surface area contributed by atoms with Crippen LogP contribution in [0.4, 0.5) is 0 Å². The van der Waals surface area contributed by atoms with Crippen LogP contribution in [0.25, 0.3) is 0 Å². The van der Waals surface area contributed by atoms with Gasteiger partial charge in [-0.05, 0) is 45.7 Å².